The van der Waals surface area contributed by atoms with Crippen LogP contribution < -0.4 is 0 Å². The van der Waals surface area contributed by atoms with Crippen molar-refractivity contribution in [2.24, 2.45) is 56.7 Å². The number of rotatable bonds is 0. The fraction of sp³-hybridized carbons (Fsp3) is 0.900. The highest BCUT2D eigenvalue weighted by Crippen LogP contribution is 2.76. The van der Waals surface area contributed by atoms with Crippen molar-refractivity contribution in [2.45, 2.75) is 113 Å². The molecule has 0 aliphatic heterocycles. The maximum Gasteiger partial charge on any atom is 0.138 e. The van der Waals surface area contributed by atoms with E-state index < -0.39 is 0 Å². The van der Waals surface area contributed by atoms with Gasteiger partial charge in [0.1, 0.15) is 5.78 Å². The summed E-state index contributed by atoms with van der Waals surface area (Å²) >= 11 is 0. The van der Waals surface area contributed by atoms with E-state index in [0.29, 0.717) is 35.4 Å². The van der Waals surface area contributed by atoms with Crippen LogP contribution in [0.2, 0.25) is 0 Å². The molecule has 1 unspecified atom stereocenters. The molecule has 0 amide bonds. The van der Waals surface area contributed by atoms with Crippen molar-refractivity contribution in [3.8, 4) is 0 Å². The number of carbonyl (C=O) groups is 1. The molecule has 0 radical (unpaired) electrons. The third-order valence-electron chi connectivity index (χ3n) is 13.4. The number of carbonyl (C=O) groups excluding carboxylic acids is 1. The third kappa shape index (κ3) is 2.55. The molecule has 0 aromatic heterocycles. The molecule has 4 saturated carbocycles. The standard InChI is InChI=1S/C30H48O2/c1-18-11-14-28(6)24(32)17-30(8)20(25(28)19(18)2)9-10-22-27(5)15-13-23(31)26(3,4)21(27)12-16-29(22,30)7/h11,19-22,24-25,32H,9-10,12-17H2,1-8H3/t19-,20+,21-,22+,24?,25-,27-,28+,29+,30+/m0/s1. The van der Waals surface area contributed by atoms with Gasteiger partial charge >= 0.3 is 0 Å². The predicted molar refractivity (Wildman–Crippen MR) is 131 cm³/mol. The second kappa shape index (κ2) is 6.73. The fourth-order valence-corrected chi connectivity index (χ4v) is 11.1. The maximum absolute atomic E-state index is 12.9. The van der Waals surface area contributed by atoms with Gasteiger partial charge in [0.25, 0.3) is 0 Å². The van der Waals surface area contributed by atoms with Gasteiger partial charge in [-0.05, 0) is 97.7 Å². The zero-order valence-corrected chi connectivity index (χ0v) is 22.1. The van der Waals surface area contributed by atoms with Crippen molar-refractivity contribution in [1.82, 2.24) is 0 Å². The van der Waals surface area contributed by atoms with Crippen molar-refractivity contribution < 1.29 is 9.90 Å². The highest BCUT2D eigenvalue weighted by atomic mass is 16.3. The Morgan fingerprint density at radius 2 is 1.59 bits per heavy atom. The molecule has 0 aromatic rings. The molecule has 0 aromatic carbocycles. The van der Waals surface area contributed by atoms with Crippen LogP contribution in [0.25, 0.3) is 0 Å². The second-order valence-corrected chi connectivity index (χ2v) is 14.5. The van der Waals surface area contributed by atoms with Crippen LogP contribution in [-0.2, 0) is 4.79 Å². The van der Waals surface area contributed by atoms with Gasteiger partial charge in [0.05, 0.1) is 6.10 Å². The van der Waals surface area contributed by atoms with Crippen LogP contribution in [0.3, 0.4) is 0 Å². The van der Waals surface area contributed by atoms with Crippen molar-refractivity contribution in [3.05, 3.63) is 11.6 Å². The smallest absolute Gasteiger partial charge is 0.138 e. The molecule has 2 heteroatoms. The molecule has 10 atom stereocenters. The summed E-state index contributed by atoms with van der Waals surface area (Å²) in [5.74, 6) is 3.49. The summed E-state index contributed by atoms with van der Waals surface area (Å²) in [5.41, 5.74) is 2.04. The van der Waals surface area contributed by atoms with E-state index in [4.69, 9.17) is 0 Å². The molecule has 0 saturated heterocycles. The highest BCUT2D eigenvalue weighted by Gasteiger charge is 2.71. The summed E-state index contributed by atoms with van der Waals surface area (Å²) in [5, 5.41) is 11.7. The van der Waals surface area contributed by atoms with Crippen molar-refractivity contribution in [2.75, 3.05) is 0 Å². The quantitative estimate of drug-likeness (QED) is 0.404. The molecule has 5 rings (SSSR count). The van der Waals surface area contributed by atoms with Crippen LogP contribution in [-0.4, -0.2) is 17.0 Å². The Bertz CT molecular complexity index is 855. The molecule has 0 heterocycles. The van der Waals surface area contributed by atoms with Crippen molar-refractivity contribution in [3.63, 3.8) is 0 Å². The lowest BCUT2D eigenvalue weighted by molar-refractivity contribution is -0.257. The molecular formula is C30H48O2. The highest BCUT2D eigenvalue weighted by molar-refractivity contribution is 5.85. The summed E-state index contributed by atoms with van der Waals surface area (Å²) in [7, 11) is 0. The van der Waals surface area contributed by atoms with Crippen LogP contribution in [0.4, 0.5) is 0 Å². The molecule has 5 aliphatic rings. The average molecular weight is 441 g/mol. The van der Waals surface area contributed by atoms with Crippen LogP contribution in [0.5, 0.6) is 0 Å². The Labute approximate surface area is 197 Å². The molecule has 180 valence electrons. The SMILES string of the molecule is CC1=CC[C@]2(C)C(O)C[C@]3(C)[C@H](CC[C@@H]4[C@@]5(C)CCC(=O)C(C)(C)[C@@H]5CC[C@]43C)[C@@H]2[C@H]1C. The Hall–Kier alpha value is -0.630. The van der Waals surface area contributed by atoms with E-state index >= 15 is 0 Å². The van der Waals surface area contributed by atoms with Gasteiger partial charge < -0.3 is 5.11 Å². The van der Waals surface area contributed by atoms with E-state index in [1.807, 2.05) is 0 Å². The van der Waals surface area contributed by atoms with Gasteiger partial charge in [-0.15, -0.1) is 0 Å². The summed E-state index contributed by atoms with van der Waals surface area (Å²) in [4.78, 5) is 12.9. The van der Waals surface area contributed by atoms with E-state index in [9.17, 15) is 9.90 Å². The largest absolute Gasteiger partial charge is 0.393 e. The third-order valence-corrected chi connectivity index (χ3v) is 13.4. The minimum Gasteiger partial charge on any atom is -0.393 e. The van der Waals surface area contributed by atoms with Gasteiger partial charge in [-0.1, -0.05) is 60.1 Å². The zero-order valence-electron chi connectivity index (χ0n) is 22.1. The zero-order chi connectivity index (χ0) is 23.5. The van der Waals surface area contributed by atoms with Gasteiger partial charge in [0.2, 0.25) is 0 Å². The summed E-state index contributed by atoms with van der Waals surface area (Å²) in [6.45, 7) is 19.4. The molecule has 0 bridgehead atoms. The maximum atomic E-state index is 12.9. The molecule has 5 aliphatic carbocycles. The van der Waals surface area contributed by atoms with Gasteiger partial charge in [0, 0.05) is 17.3 Å². The summed E-state index contributed by atoms with van der Waals surface area (Å²) in [6, 6.07) is 0. The molecule has 2 nitrogen and oxygen atoms in total. The summed E-state index contributed by atoms with van der Waals surface area (Å²) in [6.07, 6.45) is 11.1. The first-order chi connectivity index (χ1) is 14.7. The number of allylic oxidation sites excluding steroid dienone is 2. The Morgan fingerprint density at radius 1 is 0.906 bits per heavy atom. The fourth-order valence-electron chi connectivity index (χ4n) is 11.1. The molecule has 1 N–H and O–H groups in total. The molecular weight excluding hydrogens is 392 g/mol. The first kappa shape index (κ1) is 23.1. The minimum absolute atomic E-state index is 0.0205. The lowest BCUT2D eigenvalue weighted by Gasteiger charge is -2.73. The van der Waals surface area contributed by atoms with Crippen molar-refractivity contribution in [1.29, 1.82) is 0 Å². The first-order valence-electron chi connectivity index (χ1n) is 13.6. The van der Waals surface area contributed by atoms with Gasteiger partial charge in [-0.2, -0.15) is 0 Å². The lowest BCUT2D eigenvalue weighted by atomic mass is 9.31. The Morgan fingerprint density at radius 3 is 2.28 bits per heavy atom. The van der Waals surface area contributed by atoms with E-state index in [1.165, 1.54) is 25.7 Å². The molecule has 0 spiro atoms. The number of hydrogen-bond donors (Lipinski definition) is 1. The summed E-state index contributed by atoms with van der Waals surface area (Å²) < 4.78 is 0. The number of Topliss-reactive ketones (excluding diaryl/α,β-unsaturated/α-hetero) is 1. The Kier molecular flexibility index (Phi) is 4.87. The van der Waals surface area contributed by atoms with E-state index in [0.717, 1.165) is 25.7 Å². The monoisotopic (exact) mass is 440 g/mol. The van der Waals surface area contributed by atoms with Crippen molar-refractivity contribution >= 4 is 5.78 Å². The minimum atomic E-state index is -0.217. The number of hydrogen-bond acceptors (Lipinski definition) is 2. The van der Waals surface area contributed by atoms with Crippen LogP contribution in [0.1, 0.15) is 107 Å². The number of aliphatic hydroxyl groups is 1. The second-order valence-electron chi connectivity index (χ2n) is 14.5. The number of ketones is 1. The van der Waals surface area contributed by atoms with E-state index in [-0.39, 0.29) is 33.2 Å². The van der Waals surface area contributed by atoms with E-state index in [2.05, 4.69) is 61.5 Å². The lowest BCUT2D eigenvalue weighted by Crippen LogP contribution is -2.68. The van der Waals surface area contributed by atoms with Crippen LogP contribution in [0.15, 0.2) is 11.6 Å². The topological polar surface area (TPSA) is 37.3 Å². The van der Waals surface area contributed by atoms with Gasteiger partial charge in [-0.25, -0.2) is 0 Å². The first-order valence-corrected chi connectivity index (χ1v) is 13.6. The van der Waals surface area contributed by atoms with E-state index in [1.54, 1.807) is 5.57 Å². The van der Waals surface area contributed by atoms with Crippen LogP contribution >= 0.6 is 0 Å². The molecule has 4 fully saturated rings. The van der Waals surface area contributed by atoms with Gasteiger partial charge in [0.15, 0.2) is 0 Å². The van der Waals surface area contributed by atoms with Gasteiger partial charge in [-0.3, -0.25) is 4.79 Å². The van der Waals surface area contributed by atoms with Crippen LogP contribution in [0, 0.1) is 56.7 Å². The average Bonchev–Trinajstić information content (AvgIpc) is 2.70. The number of aliphatic hydroxyl groups excluding tert-OH is 1. The molecule has 32 heavy (non-hydrogen) atoms. The predicted octanol–water partition coefficient (Wildman–Crippen LogP) is 7.20. The normalized spacial score (nSPS) is 56.9. The number of fused-ring (bicyclic) bond motifs is 7. The Balaban J connectivity index is 1.58.